The second-order valence-electron chi connectivity index (χ2n) is 6.36. The number of nitrogens with one attached hydrogen (secondary N) is 1. The standard InChI is InChI=1S/C19H22N4O7S/c1-13(22(31(4,27)28)15-6-8-16(29-2)9-7-15)19(24)21-20-12-14-5-10-18(30-3)17(11-14)23(25)26/h5-13H,1-4H3,(H,21,24)/b20-12+. The summed E-state index contributed by atoms with van der Waals surface area (Å²) < 4.78 is 35.5. The minimum Gasteiger partial charge on any atom is -0.497 e. The maximum atomic E-state index is 12.5. The molecule has 0 bridgehead atoms. The predicted molar refractivity (Wildman–Crippen MR) is 115 cm³/mol. The molecule has 0 saturated carbocycles. The Morgan fingerprint density at radius 2 is 1.84 bits per heavy atom. The Morgan fingerprint density at radius 1 is 1.19 bits per heavy atom. The molecule has 0 radical (unpaired) electrons. The lowest BCUT2D eigenvalue weighted by molar-refractivity contribution is -0.385. The minimum atomic E-state index is -3.79. The molecule has 0 heterocycles. The number of hydrogen-bond acceptors (Lipinski definition) is 8. The number of sulfonamides is 1. The second kappa shape index (κ2) is 9.89. The zero-order valence-corrected chi connectivity index (χ0v) is 18.1. The number of nitro benzene ring substituents is 1. The number of hydrazone groups is 1. The van der Waals surface area contributed by atoms with E-state index in [-0.39, 0.29) is 17.1 Å². The number of nitro groups is 1. The molecule has 0 aliphatic rings. The van der Waals surface area contributed by atoms with Crippen LogP contribution in [0.4, 0.5) is 11.4 Å². The topological polar surface area (TPSA) is 140 Å². The molecule has 1 atom stereocenters. The van der Waals surface area contributed by atoms with Crippen molar-refractivity contribution in [2.75, 3.05) is 24.8 Å². The Morgan fingerprint density at radius 3 is 2.35 bits per heavy atom. The summed E-state index contributed by atoms with van der Waals surface area (Å²) in [6, 6.07) is 9.22. The van der Waals surface area contributed by atoms with Gasteiger partial charge in [0.1, 0.15) is 11.8 Å². The van der Waals surface area contributed by atoms with E-state index in [1.54, 1.807) is 12.1 Å². The van der Waals surface area contributed by atoms with Crippen molar-refractivity contribution in [3.63, 3.8) is 0 Å². The lowest BCUT2D eigenvalue weighted by Crippen LogP contribution is -2.46. The average Bonchev–Trinajstić information content (AvgIpc) is 2.73. The lowest BCUT2D eigenvalue weighted by atomic mass is 10.2. The van der Waals surface area contributed by atoms with E-state index in [1.807, 2.05) is 0 Å². The number of ether oxygens (including phenoxy) is 2. The van der Waals surface area contributed by atoms with Gasteiger partial charge in [0.2, 0.25) is 10.0 Å². The zero-order valence-electron chi connectivity index (χ0n) is 17.3. The molecular weight excluding hydrogens is 428 g/mol. The van der Waals surface area contributed by atoms with Gasteiger partial charge < -0.3 is 9.47 Å². The van der Waals surface area contributed by atoms with Gasteiger partial charge in [0, 0.05) is 11.6 Å². The van der Waals surface area contributed by atoms with Gasteiger partial charge >= 0.3 is 5.69 Å². The molecule has 1 unspecified atom stereocenters. The van der Waals surface area contributed by atoms with Gasteiger partial charge in [-0.3, -0.25) is 19.2 Å². The van der Waals surface area contributed by atoms with Gasteiger partial charge in [-0.25, -0.2) is 13.8 Å². The Bertz CT molecular complexity index is 1080. The van der Waals surface area contributed by atoms with E-state index < -0.39 is 26.9 Å². The third-order valence-corrected chi connectivity index (χ3v) is 5.45. The normalized spacial score (nSPS) is 12.3. The van der Waals surface area contributed by atoms with Gasteiger partial charge in [0.25, 0.3) is 5.91 Å². The molecule has 11 nitrogen and oxygen atoms in total. The van der Waals surface area contributed by atoms with Crippen molar-refractivity contribution in [1.82, 2.24) is 5.43 Å². The molecule has 12 heteroatoms. The van der Waals surface area contributed by atoms with Gasteiger partial charge in [-0.1, -0.05) is 0 Å². The first-order valence-corrected chi connectivity index (χ1v) is 10.7. The van der Waals surface area contributed by atoms with Crippen LogP contribution < -0.4 is 19.2 Å². The molecule has 0 fully saturated rings. The molecule has 0 aliphatic heterocycles. The molecular formula is C19H22N4O7S. The highest BCUT2D eigenvalue weighted by molar-refractivity contribution is 7.92. The minimum absolute atomic E-state index is 0.0862. The van der Waals surface area contributed by atoms with E-state index >= 15 is 0 Å². The highest BCUT2D eigenvalue weighted by atomic mass is 32.2. The highest BCUT2D eigenvalue weighted by Gasteiger charge is 2.29. The molecule has 0 saturated heterocycles. The first-order valence-electron chi connectivity index (χ1n) is 8.87. The smallest absolute Gasteiger partial charge is 0.311 e. The van der Waals surface area contributed by atoms with Crippen LogP contribution in [0.5, 0.6) is 11.5 Å². The van der Waals surface area contributed by atoms with E-state index in [1.165, 1.54) is 57.7 Å². The Hall–Kier alpha value is -3.67. The third kappa shape index (κ3) is 5.92. The summed E-state index contributed by atoms with van der Waals surface area (Å²) >= 11 is 0. The van der Waals surface area contributed by atoms with Gasteiger partial charge in [-0.05, 0) is 43.3 Å². The summed E-state index contributed by atoms with van der Waals surface area (Å²) in [4.78, 5) is 23.0. The first kappa shape index (κ1) is 23.6. The fourth-order valence-electron chi connectivity index (χ4n) is 2.73. The molecule has 0 aromatic heterocycles. The number of benzene rings is 2. The van der Waals surface area contributed by atoms with E-state index in [2.05, 4.69) is 10.5 Å². The Labute approximate surface area is 179 Å². The summed E-state index contributed by atoms with van der Waals surface area (Å²) in [5.41, 5.74) is 2.62. The SMILES string of the molecule is COc1ccc(N(C(C)C(=O)N/N=C/c2ccc(OC)c([N+](=O)[O-])c2)S(C)(=O)=O)cc1. The fourth-order valence-corrected chi connectivity index (χ4v) is 3.91. The number of hydrogen-bond donors (Lipinski definition) is 1. The second-order valence-corrected chi connectivity index (χ2v) is 8.21. The molecule has 31 heavy (non-hydrogen) atoms. The van der Waals surface area contributed by atoms with Gasteiger partial charge in [0.05, 0.1) is 37.3 Å². The van der Waals surface area contributed by atoms with Crippen LogP contribution in [0.1, 0.15) is 12.5 Å². The Balaban J connectivity index is 2.19. The monoisotopic (exact) mass is 450 g/mol. The van der Waals surface area contributed by atoms with E-state index in [4.69, 9.17) is 9.47 Å². The number of nitrogens with zero attached hydrogens (tertiary/aromatic N) is 3. The number of methoxy groups -OCH3 is 2. The first-order chi connectivity index (χ1) is 14.6. The summed E-state index contributed by atoms with van der Waals surface area (Å²) in [5, 5.41) is 14.9. The summed E-state index contributed by atoms with van der Waals surface area (Å²) in [5.74, 6) is -0.0731. The number of anilines is 1. The quantitative estimate of drug-likeness (QED) is 0.349. The van der Waals surface area contributed by atoms with Crippen molar-refractivity contribution < 1.29 is 27.6 Å². The molecule has 0 spiro atoms. The van der Waals surface area contributed by atoms with Crippen LogP contribution in [-0.4, -0.2) is 52.0 Å². The maximum Gasteiger partial charge on any atom is 0.311 e. The number of carbonyl (C=O) groups is 1. The lowest BCUT2D eigenvalue weighted by Gasteiger charge is -2.27. The predicted octanol–water partition coefficient (Wildman–Crippen LogP) is 1.92. The van der Waals surface area contributed by atoms with Crippen LogP contribution in [0.15, 0.2) is 47.6 Å². The maximum absolute atomic E-state index is 12.5. The fraction of sp³-hybridized carbons (Fsp3) is 0.263. The molecule has 2 aromatic carbocycles. The van der Waals surface area contributed by atoms with Crippen molar-refractivity contribution in [3.05, 3.63) is 58.1 Å². The van der Waals surface area contributed by atoms with E-state index in [9.17, 15) is 23.3 Å². The van der Waals surface area contributed by atoms with Crippen molar-refractivity contribution in [2.24, 2.45) is 5.10 Å². The Kier molecular flexibility index (Phi) is 7.53. The van der Waals surface area contributed by atoms with Crippen LogP contribution in [0.3, 0.4) is 0 Å². The van der Waals surface area contributed by atoms with Crippen LogP contribution >= 0.6 is 0 Å². The van der Waals surface area contributed by atoms with Crippen molar-refractivity contribution in [1.29, 1.82) is 0 Å². The number of carbonyl (C=O) groups excluding carboxylic acids is 1. The largest absolute Gasteiger partial charge is 0.497 e. The zero-order chi connectivity index (χ0) is 23.2. The van der Waals surface area contributed by atoms with Crippen LogP contribution in [0.2, 0.25) is 0 Å². The summed E-state index contributed by atoms with van der Waals surface area (Å²) in [6.45, 7) is 1.41. The third-order valence-electron chi connectivity index (χ3n) is 4.20. The molecule has 2 aromatic rings. The van der Waals surface area contributed by atoms with Gasteiger partial charge in [-0.2, -0.15) is 5.10 Å². The van der Waals surface area contributed by atoms with Gasteiger partial charge in [0.15, 0.2) is 5.75 Å². The van der Waals surface area contributed by atoms with Crippen molar-refractivity contribution in [2.45, 2.75) is 13.0 Å². The molecule has 166 valence electrons. The summed E-state index contributed by atoms with van der Waals surface area (Å²) in [7, 11) is -0.996. The highest BCUT2D eigenvalue weighted by Crippen LogP contribution is 2.27. The van der Waals surface area contributed by atoms with E-state index in [0.717, 1.165) is 10.6 Å². The van der Waals surface area contributed by atoms with Crippen LogP contribution in [0.25, 0.3) is 0 Å². The molecule has 1 amide bonds. The molecule has 2 rings (SSSR count). The van der Waals surface area contributed by atoms with Crippen molar-refractivity contribution in [3.8, 4) is 11.5 Å². The van der Waals surface area contributed by atoms with Crippen LogP contribution in [0, 0.1) is 10.1 Å². The van der Waals surface area contributed by atoms with Crippen LogP contribution in [-0.2, 0) is 14.8 Å². The van der Waals surface area contributed by atoms with Gasteiger partial charge in [-0.15, -0.1) is 0 Å². The number of rotatable bonds is 9. The summed E-state index contributed by atoms with van der Waals surface area (Å²) in [6.07, 6.45) is 2.19. The average molecular weight is 450 g/mol. The van der Waals surface area contributed by atoms with E-state index in [0.29, 0.717) is 11.3 Å². The van der Waals surface area contributed by atoms with Crippen molar-refractivity contribution >= 4 is 33.5 Å². The molecule has 0 aliphatic carbocycles. The number of amides is 1. The molecule has 1 N–H and O–H groups in total.